The van der Waals surface area contributed by atoms with Crippen LogP contribution in [0.5, 0.6) is 0 Å². The summed E-state index contributed by atoms with van der Waals surface area (Å²) < 4.78 is 1.47. The molecule has 0 N–H and O–H groups in total. The Bertz CT molecular complexity index is 625. The zero-order valence-electron chi connectivity index (χ0n) is 13.8. The smallest absolute Gasteiger partial charge is 0.312 e. The van der Waals surface area contributed by atoms with Crippen molar-refractivity contribution < 1.29 is 9.72 Å². The predicted molar refractivity (Wildman–Crippen MR) is 85.0 cm³/mol. The summed E-state index contributed by atoms with van der Waals surface area (Å²) in [6.07, 6.45) is 6.21. The quantitative estimate of drug-likeness (QED) is 0.633. The third kappa shape index (κ3) is 3.09. The number of hydrogen-bond donors (Lipinski definition) is 0. The number of rotatable bonds is 3. The number of hydrogen-bond acceptors (Lipinski definition) is 4. The molecule has 2 atom stereocenters. The molecule has 2 fully saturated rings. The molecule has 1 aliphatic carbocycles. The Morgan fingerprint density at radius 2 is 1.96 bits per heavy atom. The Hall–Kier alpha value is -1.92. The number of aryl methyl sites for hydroxylation is 1. The lowest BCUT2D eigenvalue weighted by Gasteiger charge is -2.41. The second-order valence-corrected chi connectivity index (χ2v) is 6.87. The summed E-state index contributed by atoms with van der Waals surface area (Å²) in [6.45, 7) is 5.00. The second kappa shape index (κ2) is 6.29. The van der Waals surface area contributed by atoms with Crippen LogP contribution in [0.2, 0.25) is 0 Å². The first kappa shape index (κ1) is 16.0. The predicted octanol–water partition coefficient (Wildman–Crippen LogP) is 2.45. The maximum Gasteiger partial charge on any atom is 0.312 e. The van der Waals surface area contributed by atoms with Crippen molar-refractivity contribution >= 4 is 11.6 Å². The molecule has 1 aromatic rings. The molecule has 7 nitrogen and oxygen atoms in total. The minimum absolute atomic E-state index is 0.0174. The lowest BCUT2D eigenvalue weighted by Crippen LogP contribution is -2.46. The molecule has 1 amide bonds. The lowest BCUT2D eigenvalue weighted by atomic mass is 9.75. The van der Waals surface area contributed by atoms with Crippen molar-refractivity contribution in [2.75, 3.05) is 13.1 Å². The van der Waals surface area contributed by atoms with Crippen molar-refractivity contribution in [2.45, 2.75) is 52.5 Å². The molecule has 0 bridgehead atoms. The zero-order chi connectivity index (χ0) is 16.6. The minimum Gasteiger partial charge on any atom is -0.341 e. The van der Waals surface area contributed by atoms with E-state index in [2.05, 4.69) is 5.10 Å². The van der Waals surface area contributed by atoms with E-state index < -0.39 is 4.92 Å². The number of piperidine rings is 1. The molecule has 1 aromatic heterocycles. The van der Waals surface area contributed by atoms with E-state index in [4.69, 9.17) is 0 Å². The normalized spacial score (nSPS) is 24.3. The van der Waals surface area contributed by atoms with E-state index >= 15 is 0 Å². The average Bonchev–Trinajstić information content (AvgIpc) is 2.80. The fourth-order valence-electron chi connectivity index (χ4n) is 4.16. The molecule has 1 saturated heterocycles. The maximum absolute atomic E-state index is 12.6. The second-order valence-electron chi connectivity index (χ2n) is 6.87. The third-order valence-corrected chi connectivity index (χ3v) is 5.45. The Morgan fingerprint density at radius 3 is 2.61 bits per heavy atom. The summed E-state index contributed by atoms with van der Waals surface area (Å²) in [5.41, 5.74) is 0.837. The number of aromatic nitrogens is 2. The topological polar surface area (TPSA) is 81.3 Å². The van der Waals surface area contributed by atoms with Crippen molar-refractivity contribution in [2.24, 2.45) is 11.8 Å². The van der Waals surface area contributed by atoms with Crippen LogP contribution in [0.25, 0.3) is 0 Å². The van der Waals surface area contributed by atoms with E-state index in [1.807, 2.05) is 4.90 Å². The summed E-state index contributed by atoms with van der Waals surface area (Å²) in [4.78, 5) is 25.1. The highest BCUT2D eigenvalue weighted by Gasteiger charge is 2.33. The van der Waals surface area contributed by atoms with Crippen LogP contribution < -0.4 is 0 Å². The van der Waals surface area contributed by atoms with Gasteiger partial charge in [-0.3, -0.25) is 19.6 Å². The number of fused-ring (bicyclic) bond motifs is 1. The Morgan fingerprint density at radius 1 is 1.26 bits per heavy atom. The standard InChI is InChI=1S/C16H24N4O3/c1-11-16(20(22)23)12(2)19(17-11)10-15(21)18-8-7-13-5-3-4-6-14(13)9-18/h13-14H,3-10H2,1-2H3. The molecule has 1 saturated carbocycles. The number of likely N-dealkylation sites (tertiary alicyclic amines) is 1. The highest BCUT2D eigenvalue weighted by molar-refractivity contribution is 5.76. The van der Waals surface area contributed by atoms with Gasteiger partial charge in [0.2, 0.25) is 5.91 Å². The van der Waals surface area contributed by atoms with Gasteiger partial charge < -0.3 is 4.90 Å². The number of nitrogens with zero attached hydrogens (tertiary/aromatic N) is 4. The van der Waals surface area contributed by atoms with Crippen LogP contribution in [-0.4, -0.2) is 38.6 Å². The van der Waals surface area contributed by atoms with Crippen LogP contribution in [0, 0.1) is 35.8 Å². The summed E-state index contributed by atoms with van der Waals surface area (Å²) >= 11 is 0. The molecule has 126 valence electrons. The van der Waals surface area contributed by atoms with Crippen LogP contribution in [0.15, 0.2) is 0 Å². The first-order valence-corrected chi connectivity index (χ1v) is 8.43. The van der Waals surface area contributed by atoms with E-state index in [1.54, 1.807) is 13.8 Å². The molecule has 0 radical (unpaired) electrons. The molecular formula is C16H24N4O3. The van der Waals surface area contributed by atoms with E-state index in [0.29, 0.717) is 17.3 Å². The van der Waals surface area contributed by atoms with Gasteiger partial charge in [0.05, 0.1) is 4.92 Å². The molecule has 0 spiro atoms. The molecule has 7 heteroatoms. The first-order chi connectivity index (χ1) is 11.0. The molecule has 0 aromatic carbocycles. The minimum atomic E-state index is -0.424. The highest BCUT2D eigenvalue weighted by Crippen LogP contribution is 2.36. The van der Waals surface area contributed by atoms with Crippen LogP contribution in [0.4, 0.5) is 5.69 Å². The molecule has 2 aliphatic rings. The molecular weight excluding hydrogens is 296 g/mol. The van der Waals surface area contributed by atoms with E-state index in [0.717, 1.165) is 25.4 Å². The average molecular weight is 320 g/mol. The number of nitro groups is 1. The first-order valence-electron chi connectivity index (χ1n) is 8.43. The zero-order valence-corrected chi connectivity index (χ0v) is 13.8. The number of carbonyl (C=O) groups is 1. The van der Waals surface area contributed by atoms with Crippen LogP contribution in [-0.2, 0) is 11.3 Å². The monoisotopic (exact) mass is 320 g/mol. The van der Waals surface area contributed by atoms with Gasteiger partial charge in [-0.05, 0) is 38.5 Å². The summed E-state index contributed by atoms with van der Waals surface area (Å²) in [7, 11) is 0. The van der Waals surface area contributed by atoms with Crippen LogP contribution in [0.3, 0.4) is 0 Å². The van der Waals surface area contributed by atoms with Crippen molar-refractivity contribution in [3.8, 4) is 0 Å². The molecule has 1 aliphatic heterocycles. The third-order valence-electron chi connectivity index (χ3n) is 5.45. The number of carbonyl (C=O) groups excluding carboxylic acids is 1. The highest BCUT2D eigenvalue weighted by atomic mass is 16.6. The summed E-state index contributed by atoms with van der Waals surface area (Å²) in [5.74, 6) is 1.44. The molecule has 2 unspecified atom stereocenters. The van der Waals surface area contributed by atoms with E-state index in [1.165, 1.54) is 30.4 Å². The van der Waals surface area contributed by atoms with Gasteiger partial charge in [-0.1, -0.05) is 19.3 Å². The van der Waals surface area contributed by atoms with Crippen LogP contribution >= 0.6 is 0 Å². The largest absolute Gasteiger partial charge is 0.341 e. The van der Waals surface area contributed by atoms with Gasteiger partial charge in [-0.2, -0.15) is 5.10 Å². The van der Waals surface area contributed by atoms with Crippen LogP contribution in [0.1, 0.15) is 43.5 Å². The van der Waals surface area contributed by atoms with Gasteiger partial charge in [0, 0.05) is 13.1 Å². The fourth-order valence-corrected chi connectivity index (χ4v) is 4.16. The van der Waals surface area contributed by atoms with Crippen molar-refractivity contribution in [1.29, 1.82) is 0 Å². The fraction of sp³-hybridized carbons (Fsp3) is 0.750. The van der Waals surface area contributed by atoms with Gasteiger partial charge in [0.25, 0.3) is 0 Å². The van der Waals surface area contributed by atoms with Gasteiger partial charge in [0.15, 0.2) is 0 Å². The molecule has 3 rings (SSSR count). The molecule has 2 heterocycles. The Labute approximate surface area is 135 Å². The van der Waals surface area contributed by atoms with E-state index in [9.17, 15) is 14.9 Å². The molecule has 23 heavy (non-hydrogen) atoms. The lowest BCUT2D eigenvalue weighted by molar-refractivity contribution is -0.386. The van der Waals surface area contributed by atoms with Gasteiger partial charge in [0.1, 0.15) is 17.9 Å². The summed E-state index contributed by atoms with van der Waals surface area (Å²) in [5, 5.41) is 15.2. The van der Waals surface area contributed by atoms with Crippen molar-refractivity contribution in [3.63, 3.8) is 0 Å². The Kier molecular flexibility index (Phi) is 4.37. The SMILES string of the molecule is Cc1nn(CC(=O)N2CCC3CCCCC3C2)c(C)c1[N+](=O)[O-]. The maximum atomic E-state index is 12.6. The van der Waals surface area contributed by atoms with Crippen molar-refractivity contribution in [1.82, 2.24) is 14.7 Å². The van der Waals surface area contributed by atoms with E-state index in [-0.39, 0.29) is 18.1 Å². The summed E-state index contributed by atoms with van der Waals surface area (Å²) in [6, 6.07) is 0. The Balaban J connectivity index is 1.68. The van der Waals surface area contributed by atoms with Gasteiger partial charge in [-0.25, -0.2) is 0 Å². The van der Waals surface area contributed by atoms with Crippen molar-refractivity contribution in [3.05, 3.63) is 21.5 Å². The van der Waals surface area contributed by atoms with Gasteiger partial charge in [-0.15, -0.1) is 0 Å². The van der Waals surface area contributed by atoms with Gasteiger partial charge >= 0.3 is 5.69 Å². The number of amides is 1.